The number of hydrogen-bond acceptors (Lipinski definition) is 6. The molecule has 0 spiro atoms. The monoisotopic (exact) mass is 522 g/mol. The number of para-hydroxylation sites is 1. The van der Waals surface area contributed by atoms with Crippen molar-refractivity contribution in [3.8, 4) is 11.5 Å². The molecule has 39 heavy (non-hydrogen) atoms. The van der Waals surface area contributed by atoms with Crippen LogP contribution >= 0.6 is 0 Å². The third kappa shape index (κ3) is 4.29. The van der Waals surface area contributed by atoms with E-state index in [0.717, 1.165) is 34.9 Å². The van der Waals surface area contributed by atoms with E-state index in [2.05, 4.69) is 6.92 Å². The second-order valence-electron chi connectivity index (χ2n) is 9.78. The molecule has 0 radical (unpaired) electrons. The zero-order valence-corrected chi connectivity index (χ0v) is 21.9. The first-order valence-electron chi connectivity index (χ1n) is 13.3. The Morgan fingerprint density at radius 2 is 1.62 bits per heavy atom. The predicted octanol–water partition coefficient (Wildman–Crippen LogP) is 6.08. The highest BCUT2D eigenvalue weighted by molar-refractivity contribution is 6.26. The third-order valence-electron chi connectivity index (χ3n) is 7.42. The molecule has 7 heteroatoms. The maximum atomic E-state index is 14.1. The van der Waals surface area contributed by atoms with Crippen LogP contribution in [0.15, 0.2) is 91.0 Å². The van der Waals surface area contributed by atoms with Crippen LogP contribution in [0.3, 0.4) is 0 Å². The molecular weight excluding hydrogens is 492 g/mol. The Morgan fingerprint density at radius 3 is 2.41 bits per heavy atom. The van der Waals surface area contributed by atoms with Gasteiger partial charge in [0.2, 0.25) is 5.91 Å². The van der Waals surface area contributed by atoms with Crippen LogP contribution < -0.4 is 19.4 Å². The highest BCUT2D eigenvalue weighted by atomic mass is 16.7. The van der Waals surface area contributed by atoms with Crippen molar-refractivity contribution < 1.29 is 23.9 Å². The first-order valence-corrected chi connectivity index (χ1v) is 13.3. The minimum Gasteiger partial charge on any atom is -0.493 e. The molecule has 0 saturated carbocycles. The average Bonchev–Trinajstić information content (AvgIpc) is 3.49. The normalized spacial score (nSPS) is 20.5. The second kappa shape index (κ2) is 10.4. The zero-order chi connectivity index (χ0) is 26.9. The van der Waals surface area contributed by atoms with Crippen molar-refractivity contribution in [3.63, 3.8) is 0 Å². The van der Waals surface area contributed by atoms with Crippen LogP contribution in [-0.2, 0) is 14.4 Å². The topological polar surface area (TPSA) is 68.3 Å². The largest absolute Gasteiger partial charge is 0.493 e. The number of anilines is 2. The fourth-order valence-corrected chi connectivity index (χ4v) is 5.51. The molecule has 0 bridgehead atoms. The Bertz CT molecular complexity index is 1520. The molecule has 3 atom stereocenters. The van der Waals surface area contributed by atoms with Gasteiger partial charge in [-0.15, -0.1) is 0 Å². The molecule has 2 fully saturated rings. The van der Waals surface area contributed by atoms with Gasteiger partial charge in [0.05, 0.1) is 31.1 Å². The van der Waals surface area contributed by atoms with Crippen molar-refractivity contribution in [3.05, 3.63) is 96.6 Å². The molecular formula is C32H30N2O5. The number of nitrogens with zero attached hydrogens (tertiary/aromatic N) is 2. The SMILES string of the molecule is CCCCOc1ccc([C@H]2[C@@H]3C(=O)N(c4cccc5ccccc45)C(=O)[C@H]3ON2c2ccccc2)cc1OC. The number of imide groups is 1. The number of methoxy groups -OCH3 is 1. The first-order chi connectivity index (χ1) is 19.1. The lowest BCUT2D eigenvalue weighted by Crippen LogP contribution is -2.37. The van der Waals surface area contributed by atoms with Crippen molar-refractivity contribution in [1.29, 1.82) is 0 Å². The molecule has 4 aromatic carbocycles. The zero-order valence-electron chi connectivity index (χ0n) is 21.9. The van der Waals surface area contributed by atoms with Crippen LogP contribution in [0.1, 0.15) is 31.4 Å². The van der Waals surface area contributed by atoms with E-state index in [-0.39, 0.29) is 11.8 Å². The number of carbonyl (C=O) groups is 2. The van der Waals surface area contributed by atoms with E-state index in [4.69, 9.17) is 14.3 Å². The van der Waals surface area contributed by atoms with Gasteiger partial charge >= 0.3 is 0 Å². The Morgan fingerprint density at radius 1 is 0.846 bits per heavy atom. The maximum Gasteiger partial charge on any atom is 0.266 e. The van der Waals surface area contributed by atoms with E-state index in [9.17, 15) is 9.59 Å². The van der Waals surface area contributed by atoms with Gasteiger partial charge in [0.15, 0.2) is 17.6 Å². The highest BCUT2D eigenvalue weighted by Gasteiger charge is 2.60. The molecule has 4 aromatic rings. The molecule has 2 amide bonds. The van der Waals surface area contributed by atoms with E-state index in [0.29, 0.717) is 23.8 Å². The van der Waals surface area contributed by atoms with Crippen molar-refractivity contribution in [1.82, 2.24) is 0 Å². The van der Waals surface area contributed by atoms with Crippen molar-refractivity contribution in [2.24, 2.45) is 5.92 Å². The summed E-state index contributed by atoms with van der Waals surface area (Å²) in [4.78, 5) is 35.6. The molecule has 2 aliphatic heterocycles. The summed E-state index contributed by atoms with van der Waals surface area (Å²) in [6, 6.07) is 28.1. The number of carbonyl (C=O) groups excluding carboxylic acids is 2. The standard InChI is InChI=1S/C32H30N2O5/c1-3-4-19-38-26-18-17-22(20-27(26)37-2)29-28-30(39-34(29)23-13-6-5-7-14-23)32(36)33(31(28)35)25-16-10-12-21-11-8-9-15-24(21)25/h5-18,20,28-30H,3-4,19H2,1-2H3/t28-,29-,30-/m0/s1. The maximum absolute atomic E-state index is 14.1. The van der Waals surface area contributed by atoms with Gasteiger partial charge in [-0.05, 0) is 47.7 Å². The average molecular weight is 523 g/mol. The quantitative estimate of drug-likeness (QED) is 0.206. The summed E-state index contributed by atoms with van der Waals surface area (Å²) in [5.41, 5.74) is 2.13. The minimum absolute atomic E-state index is 0.285. The molecule has 2 heterocycles. The Kier molecular flexibility index (Phi) is 6.67. The number of hydrogen-bond donors (Lipinski definition) is 0. The van der Waals surface area contributed by atoms with Gasteiger partial charge in [-0.3, -0.25) is 14.4 Å². The summed E-state index contributed by atoms with van der Waals surface area (Å²) in [7, 11) is 1.60. The fourth-order valence-electron chi connectivity index (χ4n) is 5.51. The lowest BCUT2D eigenvalue weighted by atomic mass is 9.90. The van der Waals surface area contributed by atoms with Crippen molar-refractivity contribution in [2.75, 3.05) is 23.7 Å². The molecule has 2 saturated heterocycles. The number of amides is 2. The number of benzene rings is 4. The lowest BCUT2D eigenvalue weighted by molar-refractivity contribution is -0.126. The summed E-state index contributed by atoms with van der Waals surface area (Å²) in [6.07, 6.45) is 1.01. The van der Waals surface area contributed by atoms with Crippen LogP contribution in [0, 0.1) is 5.92 Å². The fraction of sp³-hybridized carbons (Fsp3) is 0.250. The first kappa shape index (κ1) is 24.9. The van der Waals surface area contributed by atoms with Crippen molar-refractivity contribution in [2.45, 2.75) is 31.9 Å². The predicted molar refractivity (Wildman–Crippen MR) is 150 cm³/mol. The van der Waals surface area contributed by atoms with Gasteiger partial charge in [0.25, 0.3) is 5.91 Å². The molecule has 0 N–H and O–H groups in total. The molecule has 2 aliphatic rings. The summed E-state index contributed by atoms with van der Waals surface area (Å²) in [6.45, 7) is 2.70. The van der Waals surface area contributed by atoms with Gasteiger partial charge in [-0.2, -0.15) is 0 Å². The van der Waals surface area contributed by atoms with Gasteiger partial charge in [0.1, 0.15) is 5.92 Å². The van der Waals surface area contributed by atoms with Crippen LogP contribution in [0.4, 0.5) is 11.4 Å². The smallest absolute Gasteiger partial charge is 0.266 e. The van der Waals surface area contributed by atoms with E-state index < -0.39 is 18.1 Å². The summed E-state index contributed by atoms with van der Waals surface area (Å²) in [5.74, 6) is -0.179. The van der Waals surface area contributed by atoms with Crippen molar-refractivity contribution >= 4 is 34.0 Å². The molecule has 6 rings (SSSR count). The van der Waals surface area contributed by atoms with E-state index in [1.165, 1.54) is 4.90 Å². The Hall–Kier alpha value is -4.36. The number of unbranched alkanes of at least 4 members (excludes halogenated alkanes) is 1. The van der Waals surface area contributed by atoms with Gasteiger partial charge in [0, 0.05) is 5.39 Å². The second-order valence-corrected chi connectivity index (χ2v) is 9.78. The third-order valence-corrected chi connectivity index (χ3v) is 7.42. The summed E-state index contributed by atoms with van der Waals surface area (Å²) < 4.78 is 11.6. The van der Waals surface area contributed by atoms with Crippen LogP contribution in [0.2, 0.25) is 0 Å². The lowest BCUT2D eigenvalue weighted by Gasteiger charge is -2.29. The van der Waals surface area contributed by atoms with Gasteiger partial charge in [-0.25, -0.2) is 9.96 Å². The Labute approximate surface area is 227 Å². The van der Waals surface area contributed by atoms with E-state index >= 15 is 0 Å². The summed E-state index contributed by atoms with van der Waals surface area (Å²) in [5, 5.41) is 3.49. The number of rotatable bonds is 8. The Balaban J connectivity index is 1.42. The number of hydroxylamine groups is 1. The molecule has 0 aromatic heterocycles. The summed E-state index contributed by atoms with van der Waals surface area (Å²) >= 11 is 0. The van der Waals surface area contributed by atoms with Gasteiger partial charge < -0.3 is 9.47 Å². The van der Waals surface area contributed by atoms with Gasteiger partial charge in [-0.1, -0.05) is 74.0 Å². The highest BCUT2D eigenvalue weighted by Crippen LogP contribution is 2.49. The van der Waals surface area contributed by atoms with Crippen LogP contribution in [0.5, 0.6) is 11.5 Å². The minimum atomic E-state index is -0.951. The van der Waals surface area contributed by atoms with E-state index in [1.54, 1.807) is 12.2 Å². The molecule has 7 nitrogen and oxygen atoms in total. The van der Waals surface area contributed by atoms with Crippen LogP contribution in [-0.4, -0.2) is 31.6 Å². The van der Waals surface area contributed by atoms with E-state index in [1.807, 2.05) is 91.0 Å². The molecule has 0 aliphatic carbocycles. The number of ether oxygens (including phenoxy) is 2. The van der Waals surface area contributed by atoms with Crippen LogP contribution in [0.25, 0.3) is 10.8 Å². The number of fused-ring (bicyclic) bond motifs is 2. The molecule has 0 unspecified atom stereocenters. The molecule has 198 valence electrons.